The van der Waals surface area contributed by atoms with Crippen molar-refractivity contribution in [3.63, 3.8) is 0 Å². The van der Waals surface area contributed by atoms with Gasteiger partial charge in [0.2, 0.25) is 0 Å². The van der Waals surface area contributed by atoms with Gasteiger partial charge in [0.25, 0.3) is 0 Å². The van der Waals surface area contributed by atoms with E-state index >= 15 is 0 Å². The van der Waals surface area contributed by atoms with Crippen LogP contribution in [0.15, 0.2) is 89.4 Å². The summed E-state index contributed by atoms with van der Waals surface area (Å²) in [6.45, 7) is 0. The van der Waals surface area contributed by atoms with Crippen LogP contribution in [0.3, 0.4) is 0 Å². The number of pyridine rings is 1. The lowest BCUT2D eigenvalue weighted by Gasteiger charge is -2.12. The van der Waals surface area contributed by atoms with Crippen molar-refractivity contribution >= 4 is 21.5 Å². The van der Waals surface area contributed by atoms with Crippen LogP contribution in [0.2, 0.25) is 0 Å². The molecule has 122 valence electrons. The molecular formula is C23H18BrN. The highest BCUT2D eigenvalue weighted by molar-refractivity contribution is 9.10. The minimum absolute atomic E-state index is 0.998. The smallest absolute Gasteiger partial charge is 0.0716 e. The third-order valence-electron chi connectivity index (χ3n) is 4.34. The molecule has 1 aromatic heterocycles. The van der Waals surface area contributed by atoms with Crippen LogP contribution >= 0.6 is 15.9 Å². The van der Waals surface area contributed by atoms with Crippen LogP contribution in [-0.2, 0) is 0 Å². The lowest BCUT2D eigenvalue weighted by Crippen LogP contribution is -1.94. The molecule has 0 radical (unpaired) electrons. The second-order valence-electron chi connectivity index (χ2n) is 6.14. The summed E-state index contributed by atoms with van der Waals surface area (Å²) in [5, 5.41) is 0. The molecule has 0 aliphatic heterocycles. The lowest BCUT2D eigenvalue weighted by atomic mass is 9.96. The number of hydrogen-bond acceptors (Lipinski definition) is 1. The van der Waals surface area contributed by atoms with Crippen LogP contribution in [0.1, 0.15) is 18.4 Å². The second-order valence-corrected chi connectivity index (χ2v) is 7.06. The molecule has 0 saturated carbocycles. The molecule has 0 bridgehead atoms. The van der Waals surface area contributed by atoms with Gasteiger partial charge in [-0.3, -0.25) is 0 Å². The van der Waals surface area contributed by atoms with Gasteiger partial charge in [-0.05, 0) is 48.2 Å². The quantitative estimate of drug-likeness (QED) is 0.475. The number of benzene rings is 2. The number of allylic oxidation sites excluding steroid dienone is 4. The molecule has 1 nitrogen and oxygen atoms in total. The third-order valence-corrected chi connectivity index (χ3v) is 4.84. The van der Waals surface area contributed by atoms with Gasteiger partial charge in [0, 0.05) is 15.6 Å². The van der Waals surface area contributed by atoms with Gasteiger partial charge in [0.05, 0.1) is 11.4 Å². The Bertz CT molecular complexity index is 955. The largest absolute Gasteiger partial charge is 0.248 e. The molecule has 0 amide bonds. The van der Waals surface area contributed by atoms with Crippen molar-refractivity contribution in [1.82, 2.24) is 4.98 Å². The van der Waals surface area contributed by atoms with E-state index in [2.05, 4.69) is 88.8 Å². The molecule has 2 heteroatoms. The highest BCUT2D eigenvalue weighted by atomic mass is 79.9. The number of nitrogens with zero attached hydrogens (tertiary/aromatic N) is 1. The molecule has 1 aliphatic carbocycles. The molecular weight excluding hydrogens is 370 g/mol. The van der Waals surface area contributed by atoms with Gasteiger partial charge in [0.1, 0.15) is 0 Å². The summed E-state index contributed by atoms with van der Waals surface area (Å²) < 4.78 is 1.07. The van der Waals surface area contributed by atoms with Crippen LogP contribution in [0.4, 0.5) is 0 Å². The monoisotopic (exact) mass is 387 g/mol. The molecule has 0 fully saturated rings. The first-order valence-corrected chi connectivity index (χ1v) is 9.29. The van der Waals surface area contributed by atoms with Crippen LogP contribution < -0.4 is 0 Å². The van der Waals surface area contributed by atoms with Crippen molar-refractivity contribution < 1.29 is 0 Å². The fourth-order valence-electron chi connectivity index (χ4n) is 3.08. The maximum absolute atomic E-state index is 4.94. The summed E-state index contributed by atoms with van der Waals surface area (Å²) in [4.78, 5) is 4.94. The van der Waals surface area contributed by atoms with Crippen molar-refractivity contribution in [3.05, 3.63) is 95.0 Å². The van der Waals surface area contributed by atoms with Gasteiger partial charge < -0.3 is 0 Å². The molecule has 0 unspecified atom stereocenters. The summed E-state index contributed by atoms with van der Waals surface area (Å²) in [7, 11) is 0. The predicted octanol–water partition coefficient (Wildman–Crippen LogP) is 6.91. The average Bonchev–Trinajstić information content (AvgIpc) is 2.69. The van der Waals surface area contributed by atoms with Crippen molar-refractivity contribution in [3.8, 4) is 22.5 Å². The first-order chi connectivity index (χ1) is 12.3. The van der Waals surface area contributed by atoms with E-state index in [1.165, 1.54) is 11.1 Å². The van der Waals surface area contributed by atoms with Crippen LogP contribution in [0.5, 0.6) is 0 Å². The Morgan fingerprint density at radius 3 is 2.20 bits per heavy atom. The number of hydrogen-bond donors (Lipinski definition) is 0. The van der Waals surface area contributed by atoms with E-state index in [0.717, 1.165) is 39.8 Å². The molecule has 0 saturated heterocycles. The molecule has 0 N–H and O–H groups in total. The molecule has 3 aromatic rings. The van der Waals surface area contributed by atoms with Crippen LogP contribution in [-0.4, -0.2) is 4.98 Å². The highest BCUT2D eigenvalue weighted by Crippen LogP contribution is 2.30. The zero-order valence-corrected chi connectivity index (χ0v) is 15.4. The third kappa shape index (κ3) is 3.64. The Kier molecular flexibility index (Phi) is 4.62. The summed E-state index contributed by atoms with van der Waals surface area (Å²) in [6.07, 6.45) is 9.00. The first-order valence-electron chi connectivity index (χ1n) is 8.50. The van der Waals surface area contributed by atoms with Gasteiger partial charge in [-0.2, -0.15) is 0 Å². The fraction of sp³-hybridized carbons (Fsp3) is 0.0870. The lowest BCUT2D eigenvalue weighted by molar-refractivity contribution is 1.04. The number of rotatable bonds is 3. The molecule has 4 rings (SSSR count). The molecule has 1 aliphatic rings. The molecule has 1 heterocycles. The Morgan fingerprint density at radius 1 is 0.720 bits per heavy atom. The maximum Gasteiger partial charge on any atom is 0.0716 e. The summed E-state index contributed by atoms with van der Waals surface area (Å²) >= 11 is 3.57. The number of aromatic nitrogens is 1. The van der Waals surface area contributed by atoms with E-state index in [1.807, 2.05) is 12.1 Å². The molecule has 25 heavy (non-hydrogen) atoms. The highest BCUT2D eigenvalue weighted by Gasteiger charge is 2.10. The Balaban J connectivity index is 1.89. The maximum atomic E-state index is 4.94. The van der Waals surface area contributed by atoms with Gasteiger partial charge >= 0.3 is 0 Å². The summed E-state index contributed by atoms with van der Waals surface area (Å²) in [6, 6.07) is 23.1. The number of halogens is 1. The van der Waals surface area contributed by atoms with Crippen molar-refractivity contribution in [2.45, 2.75) is 12.8 Å². The van der Waals surface area contributed by atoms with E-state index in [1.54, 1.807) is 0 Å². The van der Waals surface area contributed by atoms with E-state index in [0.29, 0.717) is 0 Å². The van der Waals surface area contributed by atoms with Crippen molar-refractivity contribution in [2.75, 3.05) is 0 Å². The molecule has 2 aromatic carbocycles. The zero-order chi connectivity index (χ0) is 17.1. The van der Waals surface area contributed by atoms with Crippen molar-refractivity contribution in [2.24, 2.45) is 0 Å². The second kappa shape index (κ2) is 7.20. The fourth-order valence-corrected chi connectivity index (χ4v) is 3.48. The Morgan fingerprint density at radius 2 is 1.48 bits per heavy atom. The normalized spacial score (nSPS) is 13.6. The Labute approximate surface area is 156 Å². The minimum atomic E-state index is 0.998. The zero-order valence-electron chi connectivity index (χ0n) is 13.8. The summed E-state index contributed by atoms with van der Waals surface area (Å²) in [5.41, 5.74) is 6.77. The Hall–Kier alpha value is -2.45. The van der Waals surface area contributed by atoms with Crippen molar-refractivity contribution in [1.29, 1.82) is 0 Å². The topological polar surface area (TPSA) is 12.9 Å². The molecule has 0 atom stereocenters. The van der Waals surface area contributed by atoms with E-state index in [-0.39, 0.29) is 0 Å². The van der Waals surface area contributed by atoms with E-state index in [9.17, 15) is 0 Å². The minimum Gasteiger partial charge on any atom is -0.248 e. The standard InChI is InChI=1S/C23H18BrN/c24-21-13-7-12-19(14-21)23-16-20(17-8-3-1-4-9-17)15-22(25-23)18-10-5-2-6-11-18/h2-3,5-16H,1,4H2. The van der Waals surface area contributed by atoms with E-state index < -0.39 is 0 Å². The van der Waals surface area contributed by atoms with Crippen LogP contribution in [0.25, 0.3) is 28.1 Å². The van der Waals surface area contributed by atoms with Gasteiger partial charge in [0.15, 0.2) is 0 Å². The predicted molar refractivity (Wildman–Crippen MR) is 109 cm³/mol. The van der Waals surface area contributed by atoms with E-state index in [4.69, 9.17) is 4.98 Å². The van der Waals surface area contributed by atoms with Crippen LogP contribution in [0, 0.1) is 0 Å². The summed E-state index contributed by atoms with van der Waals surface area (Å²) in [5.74, 6) is 0. The molecule has 0 spiro atoms. The first kappa shape index (κ1) is 16.0. The van der Waals surface area contributed by atoms with Gasteiger partial charge in [-0.1, -0.05) is 76.6 Å². The van der Waals surface area contributed by atoms with Gasteiger partial charge in [-0.15, -0.1) is 0 Å². The average molecular weight is 388 g/mol. The SMILES string of the molecule is Brc1cccc(-c2cc(C3=CCCC=C3)cc(-c3ccccc3)n2)c1. The van der Waals surface area contributed by atoms with Gasteiger partial charge in [-0.25, -0.2) is 4.98 Å².